The minimum absolute atomic E-state index is 0.716. The monoisotopic (exact) mass is 393 g/mol. The third-order valence-electron chi connectivity index (χ3n) is 4.41. The zero-order valence-corrected chi connectivity index (χ0v) is 20.5. The average molecular weight is 394 g/mol. The second kappa shape index (κ2) is 22.3. The van der Waals surface area contributed by atoms with Crippen LogP contribution in [-0.2, 0) is 0 Å². The highest BCUT2D eigenvalue weighted by molar-refractivity contribution is 5.20. The summed E-state index contributed by atoms with van der Waals surface area (Å²) in [5.74, 6) is 2.57. The molecule has 2 rings (SSSR count). The van der Waals surface area contributed by atoms with E-state index in [4.69, 9.17) is 4.74 Å². The van der Waals surface area contributed by atoms with Crippen molar-refractivity contribution in [3.05, 3.63) is 30.3 Å². The van der Waals surface area contributed by atoms with Gasteiger partial charge in [0.25, 0.3) is 0 Å². The smallest absolute Gasteiger partial charge is 0.119 e. The highest BCUT2D eigenvalue weighted by atomic mass is 16.5. The van der Waals surface area contributed by atoms with E-state index >= 15 is 0 Å². The van der Waals surface area contributed by atoms with Crippen molar-refractivity contribution in [2.24, 2.45) is 11.8 Å². The van der Waals surface area contributed by atoms with Gasteiger partial charge < -0.3 is 9.64 Å². The highest BCUT2D eigenvalue weighted by Crippen LogP contribution is 2.11. The van der Waals surface area contributed by atoms with Crippen molar-refractivity contribution >= 4 is 0 Å². The van der Waals surface area contributed by atoms with Crippen molar-refractivity contribution in [3.8, 4) is 5.75 Å². The van der Waals surface area contributed by atoms with Gasteiger partial charge in [0.1, 0.15) is 5.75 Å². The Bertz CT molecular complexity index is 383. The Morgan fingerprint density at radius 3 is 1.82 bits per heavy atom. The summed E-state index contributed by atoms with van der Waals surface area (Å²) in [7, 11) is 0. The molecule has 1 fully saturated rings. The third kappa shape index (κ3) is 19.7. The summed E-state index contributed by atoms with van der Waals surface area (Å²) in [6.45, 7) is 21.9. The maximum atomic E-state index is 5.52. The van der Waals surface area contributed by atoms with E-state index in [0.717, 1.165) is 24.7 Å². The molecule has 0 N–H and O–H groups in total. The molecular weight excluding hydrogens is 342 g/mol. The van der Waals surface area contributed by atoms with Crippen LogP contribution in [0.25, 0.3) is 0 Å². The van der Waals surface area contributed by atoms with Gasteiger partial charge in [-0.3, -0.25) is 0 Å². The van der Waals surface area contributed by atoms with Gasteiger partial charge in [0.2, 0.25) is 0 Å². The van der Waals surface area contributed by atoms with Gasteiger partial charge in [0.05, 0.1) is 6.61 Å². The molecule has 0 radical (unpaired) electrons. The average Bonchev–Trinajstić information content (AvgIpc) is 2.73. The lowest BCUT2D eigenvalue weighted by atomic mass is 10.1. The summed E-state index contributed by atoms with van der Waals surface area (Å²) in [5.41, 5.74) is 0. The Hall–Kier alpha value is -1.02. The van der Waals surface area contributed by atoms with Crippen LogP contribution in [0, 0.1) is 11.8 Å². The van der Waals surface area contributed by atoms with E-state index < -0.39 is 0 Å². The maximum absolute atomic E-state index is 5.52. The van der Waals surface area contributed by atoms with Gasteiger partial charge in [-0.1, -0.05) is 80.0 Å². The second-order valence-corrected chi connectivity index (χ2v) is 7.78. The van der Waals surface area contributed by atoms with Crippen molar-refractivity contribution in [2.75, 3.05) is 26.2 Å². The first-order valence-corrected chi connectivity index (χ1v) is 12.0. The van der Waals surface area contributed by atoms with Crippen molar-refractivity contribution < 1.29 is 4.74 Å². The van der Waals surface area contributed by atoms with Crippen LogP contribution in [0.5, 0.6) is 5.75 Å². The molecule has 2 nitrogen and oxygen atoms in total. The Balaban J connectivity index is 0. The first-order valence-electron chi connectivity index (χ1n) is 12.0. The maximum Gasteiger partial charge on any atom is 0.119 e. The standard InChI is InChI=1S/C11H23N.C11H16O.2C2H6/c1-11(2)7-6-10-12-8-4-3-5-9-12;1-10(2)8-9-12-11-6-4-3-5-7-11;2*1-2/h11H,3-10H2,1-2H3;3-7,10H,8-9H2,1-2H3;2*1-2H3. The van der Waals surface area contributed by atoms with E-state index in [1.807, 2.05) is 58.0 Å². The van der Waals surface area contributed by atoms with Crippen LogP contribution in [0.3, 0.4) is 0 Å². The SMILES string of the molecule is CC.CC.CC(C)CCCN1CCCCC1.CC(C)CCOc1ccccc1. The van der Waals surface area contributed by atoms with Crippen LogP contribution >= 0.6 is 0 Å². The van der Waals surface area contributed by atoms with Gasteiger partial charge in [-0.25, -0.2) is 0 Å². The molecule has 0 unspecified atom stereocenters. The Kier molecular flexibility index (Phi) is 23.2. The molecule has 1 saturated heterocycles. The molecule has 1 aromatic rings. The second-order valence-electron chi connectivity index (χ2n) is 7.78. The number of hydrogen-bond acceptors (Lipinski definition) is 2. The van der Waals surface area contributed by atoms with Gasteiger partial charge in [0, 0.05) is 0 Å². The summed E-state index contributed by atoms with van der Waals surface area (Å²) in [6.07, 6.45) is 8.24. The van der Waals surface area contributed by atoms with Crippen molar-refractivity contribution in [3.63, 3.8) is 0 Å². The van der Waals surface area contributed by atoms with E-state index in [1.54, 1.807) is 0 Å². The van der Waals surface area contributed by atoms with Gasteiger partial charge >= 0.3 is 0 Å². The highest BCUT2D eigenvalue weighted by Gasteiger charge is 2.08. The van der Waals surface area contributed by atoms with E-state index in [2.05, 4.69) is 32.6 Å². The molecule has 0 saturated carbocycles. The molecule has 1 aliphatic rings. The number of hydrogen-bond donors (Lipinski definition) is 0. The Labute approximate surface area is 178 Å². The lowest BCUT2D eigenvalue weighted by molar-refractivity contribution is 0.221. The summed E-state index contributed by atoms with van der Waals surface area (Å²) in [5, 5.41) is 0. The zero-order valence-electron chi connectivity index (χ0n) is 20.5. The van der Waals surface area contributed by atoms with Gasteiger partial charge in [0.15, 0.2) is 0 Å². The zero-order chi connectivity index (χ0) is 21.6. The minimum atomic E-state index is 0.716. The molecule has 0 aromatic heterocycles. The van der Waals surface area contributed by atoms with E-state index in [0.29, 0.717) is 5.92 Å². The predicted octanol–water partition coefficient (Wildman–Crippen LogP) is 8.07. The lowest BCUT2D eigenvalue weighted by Gasteiger charge is -2.26. The van der Waals surface area contributed by atoms with Crippen LogP contribution in [0.2, 0.25) is 0 Å². The normalized spacial score (nSPS) is 13.5. The molecule has 1 aliphatic heterocycles. The van der Waals surface area contributed by atoms with Gasteiger partial charge in [-0.15, -0.1) is 0 Å². The lowest BCUT2D eigenvalue weighted by Crippen LogP contribution is -2.30. The van der Waals surface area contributed by atoms with Crippen molar-refractivity contribution in [2.45, 2.75) is 93.9 Å². The molecule has 0 aliphatic carbocycles. The summed E-state index contributed by atoms with van der Waals surface area (Å²) in [6, 6.07) is 9.95. The minimum Gasteiger partial charge on any atom is -0.494 e. The Morgan fingerprint density at radius 2 is 1.32 bits per heavy atom. The molecule has 166 valence electrons. The molecule has 28 heavy (non-hydrogen) atoms. The van der Waals surface area contributed by atoms with Crippen LogP contribution in [-0.4, -0.2) is 31.1 Å². The number of rotatable bonds is 8. The van der Waals surface area contributed by atoms with Gasteiger partial charge in [-0.2, -0.15) is 0 Å². The number of piperidine rings is 1. The summed E-state index contributed by atoms with van der Waals surface area (Å²) >= 11 is 0. The molecule has 0 bridgehead atoms. The van der Waals surface area contributed by atoms with Crippen LogP contribution in [0.4, 0.5) is 0 Å². The van der Waals surface area contributed by atoms with Crippen LogP contribution in [0.15, 0.2) is 30.3 Å². The fraction of sp³-hybridized carbons (Fsp3) is 0.769. The summed E-state index contributed by atoms with van der Waals surface area (Å²) in [4.78, 5) is 2.63. The number of likely N-dealkylation sites (tertiary alicyclic amines) is 1. The molecule has 0 spiro atoms. The number of nitrogens with zero attached hydrogens (tertiary/aromatic N) is 1. The molecular formula is C26H51NO. The quantitative estimate of drug-likeness (QED) is 0.442. The largest absolute Gasteiger partial charge is 0.494 e. The number of ether oxygens (including phenoxy) is 1. The fourth-order valence-corrected chi connectivity index (χ4v) is 2.84. The van der Waals surface area contributed by atoms with Crippen LogP contribution < -0.4 is 4.74 Å². The van der Waals surface area contributed by atoms with Crippen molar-refractivity contribution in [1.29, 1.82) is 0 Å². The topological polar surface area (TPSA) is 12.5 Å². The van der Waals surface area contributed by atoms with Crippen LogP contribution in [0.1, 0.15) is 93.9 Å². The molecule has 0 amide bonds. The van der Waals surface area contributed by atoms with Gasteiger partial charge in [-0.05, 0) is 75.7 Å². The summed E-state index contributed by atoms with van der Waals surface area (Å²) < 4.78 is 5.52. The number of para-hydroxylation sites is 1. The molecule has 2 heteroatoms. The predicted molar refractivity (Wildman–Crippen MR) is 128 cm³/mol. The molecule has 1 heterocycles. The van der Waals surface area contributed by atoms with E-state index in [-0.39, 0.29) is 0 Å². The van der Waals surface area contributed by atoms with E-state index in [1.165, 1.54) is 51.7 Å². The number of benzene rings is 1. The fourth-order valence-electron chi connectivity index (χ4n) is 2.84. The van der Waals surface area contributed by atoms with Crippen molar-refractivity contribution in [1.82, 2.24) is 4.90 Å². The van der Waals surface area contributed by atoms with E-state index in [9.17, 15) is 0 Å². The first-order chi connectivity index (χ1) is 13.6. The third-order valence-corrected chi connectivity index (χ3v) is 4.41. The molecule has 1 aromatic carbocycles. The first kappa shape index (κ1) is 29.2. The molecule has 0 atom stereocenters. The Morgan fingerprint density at radius 1 is 0.786 bits per heavy atom.